The van der Waals surface area contributed by atoms with Crippen LogP contribution in [0.4, 0.5) is 0 Å². The maximum Gasteiger partial charge on any atom is 0.264 e. The number of ether oxygens (including phenoxy) is 1. The summed E-state index contributed by atoms with van der Waals surface area (Å²) in [7, 11) is -3.74. The summed E-state index contributed by atoms with van der Waals surface area (Å²) in [5.74, 6) is 5.23. The maximum atomic E-state index is 12.6. The van der Waals surface area contributed by atoms with E-state index < -0.39 is 26.8 Å². The fraction of sp³-hybridized carbons (Fsp3) is 0.684. The van der Waals surface area contributed by atoms with Crippen molar-refractivity contribution in [3.05, 3.63) is 17.5 Å². The molecule has 1 aromatic rings. The molecule has 9 nitrogen and oxygen atoms in total. The van der Waals surface area contributed by atoms with E-state index in [2.05, 4.69) is 22.5 Å². The van der Waals surface area contributed by atoms with Gasteiger partial charge in [0.15, 0.2) is 16.1 Å². The van der Waals surface area contributed by atoms with Gasteiger partial charge in [-0.1, -0.05) is 11.1 Å². The van der Waals surface area contributed by atoms with Gasteiger partial charge in [-0.05, 0) is 44.9 Å². The first-order valence-electron chi connectivity index (χ1n) is 9.59. The molecule has 162 valence electrons. The first kappa shape index (κ1) is 23.3. The highest BCUT2D eigenvalue weighted by atomic mass is 32.2. The molecule has 0 aromatic carbocycles. The summed E-state index contributed by atoms with van der Waals surface area (Å²) in [6, 6.07) is 1.61. The van der Waals surface area contributed by atoms with Crippen LogP contribution >= 0.6 is 0 Å². The van der Waals surface area contributed by atoms with Gasteiger partial charge in [-0.3, -0.25) is 4.79 Å². The first-order valence-corrected chi connectivity index (χ1v) is 11.5. The Morgan fingerprint density at radius 2 is 2.28 bits per heavy atom. The minimum Gasteiger partial charge on any atom is -0.396 e. The Hall–Kier alpha value is -1.93. The van der Waals surface area contributed by atoms with Crippen LogP contribution in [0.5, 0.6) is 0 Å². The van der Waals surface area contributed by atoms with Gasteiger partial charge in [0, 0.05) is 38.4 Å². The molecule has 1 saturated heterocycles. The van der Waals surface area contributed by atoms with E-state index >= 15 is 0 Å². The number of hydroxylamine groups is 1. The molecule has 2 N–H and O–H groups in total. The van der Waals surface area contributed by atoms with Gasteiger partial charge in [-0.15, -0.1) is 0 Å². The lowest BCUT2D eigenvalue weighted by atomic mass is 10.0. The smallest absolute Gasteiger partial charge is 0.264 e. The summed E-state index contributed by atoms with van der Waals surface area (Å²) in [5.41, 5.74) is 2.75. The topological polar surface area (TPSA) is 128 Å². The van der Waals surface area contributed by atoms with Crippen LogP contribution in [-0.4, -0.2) is 55.1 Å². The third-order valence-electron chi connectivity index (χ3n) is 4.81. The van der Waals surface area contributed by atoms with Gasteiger partial charge >= 0.3 is 0 Å². The van der Waals surface area contributed by atoms with E-state index in [-0.39, 0.29) is 19.4 Å². The lowest BCUT2D eigenvalue weighted by Gasteiger charge is -2.28. The highest BCUT2D eigenvalue weighted by molar-refractivity contribution is 7.92. The fourth-order valence-corrected chi connectivity index (χ4v) is 3.52. The molecular weight excluding hydrogens is 400 g/mol. The number of nitrogens with zero attached hydrogens (tertiary/aromatic N) is 1. The van der Waals surface area contributed by atoms with E-state index in [1.165, 1.54) is 6.92 Å². The number of sulfone groups is 1. The van der Waals surface area contributed by atoms with E-state index in [1.807, 2.05) is 0 Å². The number of hydrogen-bond acceptors (Lipinski definition) is 8. The molecule has 0 spiro atoms. The number of amides is 1. The molecule has 1 fully saturated rings. The summed E-state index contributed by atoms with van der Waals surface area (Å²) in [5, 5.41) is 12.6. The Morgan fingerprint density at radius 3 is 2.93 bits per heavy atom. The van der Waals surface area contributed by atoms with E-state index in [0.29, 0.717) is 37.3 Å². The summed E-state index contributed by atoms with van der Waals surface area (Å²) in [6.07, 6.45) is 4.24. The number of aliphatic hydroxyl groups excluding tert-OH is 1. The zero-order valence-electron chi connectivity index (χ0n) is 16.8. The average Bonchev–Trinajstić information content (AvgIpc) is 3.15. The highest BCUT2D eigenvalue weighted by Gasteiger charge is 2.44. The minimum atomic E-state index is -3.74. The van der Waals surface area contributed by atoms with Crippen LogP contribution in [0.2, 0.25) is 0 Å². The Morgan fingerprint density at radius 1 is 1.48 bits per heavy atom. The van der Waals surface area contributed by atoms with Gasteiger partial charge < -0.3 is 14.4 Å². The van der Waals surface area contributed by atoms with Gasteiger partial charge in [0.05, 0.1) is 5.69 Å². The van der Waals surface area contributed by atoms with Crippen molar-refractivity contribution in [2.45, 2.75) is 62.9 Å². The maximum absolute atomic E-state index is 12.6. The van der Waals surface area contributed by atoms with Crippen LogP contribution in [0.1, 0.15) is 56.9 Å². The minimum absolute atomic E-state index is 0.00351. The molecule has 0 radical (unpaired) electrons. The van der Waals surface area contributed by atoms with E-state index in [0.717, 1.165) is 19.1 Å². The summed E-state index contributed by atoms with van der Waals surface area (Å²) in [6.45, 7) is 1.97. The summed E-state index contributed by atoms with van der Waals surface area (Å²) < 4.78 is 33.5. The van der Waals surface area contributed by atoms with Gasteiger partial charge in [-0.2, -0.15) is 0 Å². The number of aryl methyl sites for hydroxylation is 1. The summed E-state index contributed by atoms with van der Waals surface area (Å²) >= 11 is 0. The van der Waals surface area contributed by atoms with E-state index in [9.17, 15) is 13.2 Å². The number of carbonyl (C=O) groups excluding carboxylic acids is 1. The molecule has 10 heteroatoms. The molecule has 2 atom stereocenters. The Balaban J connectivity index is 1.97. The molecule has 0 aliphatic carbocycles. The van der Waals surface area contributed by atoms with Gasteiger partial charge in [0.1, 0.15) is 4.75 Å². The number of aliphatic hydroxyl groups is 1. The van der Waals surface area contributed by atoms with Gasteiger partial charge in [0.2, 0.25) is 5.76 Å². The quantitative estimate of drug-likeness (QED) is 0.340. The second kappa shape index (κ2) is 10.7. The van der Waals surface area contributed by atoms with Crippen molar-refractivity contribution in [1.82, 2.24) is 10.6 Å². The molecule has 2 heterocycles. The van der Waals surface area contributed by atoms with Crippen molar-refractivity contribution >= 4 is 15.7 Å². The number of hydrogen-bond donors (Lipinski definition) is 2. The van der Waals surface area contributed by atoms with Crippen LogP contribution in [0.25, 0.3) is 0 Å². The second-order valence-electron chi connectivity index (χ2n) is 7.16. The Kier molecular flexibility index (Phi) is 8.64. The predicted octanol–water partition coefficient (Wildman–Crippen LogP) is 1.11. The van der Waals surface area contributed by atoms with Gasteiger partial charge in [0.25, 0.3) is 5.91 Å². The van der Waals surface area contributed by atoms with Crippen LogP contribution < -0.4 is 5.48 Å². The number of rotatable bonds is 9. The fourth-order valence-electron chi connectivity index (χ4n) is 2.67. The van der Waals surface area contributed by atoms with Crippen molar-refractivity contribution in [3.8, 4) is 11.8 Å². The zero-order chi connectivity index (χ0) is 21.3. The highest BCUT2D eigenvalue weighted by Crippen LogP contribution is 2.24. The second-order valence-corrected chi connectivity index (χ2v) is 9.61. The lowest BCUT2D eigenvalue weighted by Crippen LogP contribution is -2.51. The van der Waals surface area contributed by atoms with E-state index in [4.69, 9.17) is 19.2 Å². The normalized spacial score (nSPS) is 19.1. The SMILES string of the molecule is C[C@@](CCc1cc(C#CCCCO)on1)(C(=O)NOC1CCCCO1)S(C)(=O)=O. The van der Waals surface area contributed by atoms with Crippen LogP contribution in [0, 0.1) is 11.8 Å². The monoisotopic (exact) mass is 428 g/mol. The standard InChI is InChI=1S/C19H28N2O7S/c1-19(29(2,24)25,18(23)21-28-17-9-5-7-13-26-17)11-10-15-14-16(27-20-15)8-4-3-6-12-22/h14,17,22H,3,5-7,9-13H2,1-2H3,(H,21,23)/t17?,19-/m1/s1. The summed E-state index contributed by atoms with van der Waals surface area (Å²) in [4.78, 5) is 17.9. The number of aromatic nitrogens is 1. The van der Waals surface area contributed by atoms with Crippen molar-refractivity contribution in [1.29, 1.82) is 0 Å². The number of nitrogens with one attached hydrogen (secondary N) is 1. The van der Waals surface area contributed by atoms with E-state index in [1.54, 1.807) is 6.07 Å². The molecule has 0 saturated carbocycles. The number of carbonyl (C=O) groups is 1. The molecule has 1 aliphatic rings. The zero-order valence-corrected chi connectivity index (χ0v) is 17.6. The third-order valence-corrected chi connectivity index (χ3v) is 6.83. The largest absolute Gasteiger partial charge is 0.396 e. The predicted molar refractivity (Wildman–Crippen MR) is 104 cm³/mol. The average molecular weight is 429 g/mol. The molecule has 1 amide bonds. The molecule has 1 unspecified atom stereocenters. The number of unbranched alkanes of at least 4 members (excludes halogenated alkanes) is 1. The molecule has 2 rings (SSSR count). The Labute approximate surface area is 171 Å². The Bertz CT molecular complexity index is 834. The third kappa shape index (κ3) is 6.82. The first-order chi connectivity index (χ1) is 13.8. The van der Waals surface area contributed by atoms with Gasteiger partial charge in [-0.25, -0.2) is 18.7 Å². The van der Waals surface area contributed by atoms with Crippen molar-refractivity contribution < 1.29 is 32.4 Å². The molecule has 0 bridgehead atoms. The molecular formula is C19H28N2O7S. The van der Waals surface area contributed by atoms with Crippen molar-refractivity contribution in [2.24, 2.45) is 0 Å². The lowest BCUT2D eigenvalue weighted by molar-refractivity contribution is -0.201. The van der Waals surface area contributed by atoms with Crippen LogP contribution in [-0.2, 0) is 30.6 Å². The van der Waals surface area contributed by atoms with Crippen LogP contribution in [0.3, 0.4) is 0 Å². The molecule has 1 aliphatic heterocycles. The van der Waals surface area contributed by atoms with Crippen molar-refractivity contribution in [2.75, 3.05) is 19.5 Å². The van der Waals surface area contributed by atoms with Crippen LogP contribution in [0.15, 0.2) is 10.6 Å². The molecule has 1 aromatic heterocycles. The molecule has 29 heavy (non-hydrogen) atoms. The van der Waals surface area contributed by atoms with Crippen molar-refractivity contribution in [3.63, 3.8) is 0 Å².